The molecule has 2 rings (SSSR count). The maximum atomic E-state index is 12.3. The fraction of sp³-hybridized carbons (Fsp3) is 0.533. The third kappa shape index (κ3) is 3.44. The normalized spacial score (nSPS) is 22.9. The quantitative estimate of drug-likeness (QED) is 0.864. The number of hydrogen-bond acceptors (Lipinski definition) is 3. The Kier molecular flexibility index (Phi) is 4.25. The van der Waals surface area contributed by atoms with Gasteiger partial charge in [0.1, 0.15) is 5.60 Å². The highest BCUT2D eigenvalue weighted by molar-refractivity contribution is 6.30. The van der Waals surface area contributed by atoms with Gasteiger partial charge in [-0.15, -0.1) is 0 Å². The van der Waals surface area contributed by atoms with Crippen molar-refractivity contribution in [3.05, 3.63) is 34.9 Å². The van der Waals surface area contributed by atoms with Crippen molar-refractivity contribution in [1.29, 1.82) is 0 Å². The van der Waals surface area contributed by atoms with Gasteiger partial charge >= 0.3 is 6.09 Å². The van der Waals surface area contributed by atoms with Gasteiger partial charge in [0.25, 0.3) is 0 Å². The molecule has 1 aromatic rings. The molecule has 0 saturated carbocycles. The summed E-state index contributed by atoms with van der Waals surface area (Å²) >= 11 is 6.03. The van der Waals surface area contributed by atoms with Crippen LogP contribution in [-0.4, -0.2) is 29.2 Å². The number of hydrogen-bond donors (Lipinski definition) is 1. The highest BCUT2D eigenvalue weighted by Gasteiger charge is 2.38. The van der Waals surface area contributed by atoms with Crippen LogP contribution in [0.5, 0.6) is 0 Å². The lowest BCUT2D eigenvalue weighted by molar-refractivity contribution is 0.0218. The molecule has 1 aromatic carbocycles. The second kappa shape index (κ2) is 5.62. The number of carbonyl (C=O) groups is 1. The molecule has 110 valence electrons. The van der Waals surface area contributed by atoms with Gasteiger partial charge in [0.2, 0.25) is 0 Å². The SMILES string of the molecule is CC(C)(C)OC(=O)N1CC[C@H](N)[C@@H]1c1cccc(Cl)c1. The highest BCUT2D eigenvalue weighted by Crippen LogP contribution is 2.33. The van der Waals surface area contributed by atoms with Gasteiger partial charge in [0.15, 0.2) is 0 Å². The van der Waals surface area contributed by atoms with Crippen LogP contribution in [-0.2, 0) is 4.74 Å². The summed E-state index contributed by atoms with van der Waals surface area (Å²) in [6.07, 6.45) is 0.437. The van der Waals surface area contributed by atoms with Gasteiger partial charge in [-0.1, -0.05) is 23.7 Å². The summed E-state index contributed by atoms with van der Waals surface area (Å²) in [4.78, 5) is 14.0. The number of nitrogens with two attached hydrogens (primary N) is 1. The van der Waals surface area contributed by atoms with E-state index in [0.717, 1.165) is 12.0 Å². The van der Waals surface area contributed by atoms with Gasteiger partial charge in [0, 0.05) is 17.6 Å². The summed E-state index contributed by atoms with van der Waals surface area (Å²) in [5.74, 6) is 0. The molecule has 1 heterocycles. The van der Waals surface area contributed by atoms with Crippen molar-refractivity contribution in [1.82, 2.24) is 4.90 Å². The summed E-state index contributed by atoms with van der Waals surface area (Å²) < 4.78 is 5.45. The molecule has 1 aliphatic heterocycles. The summed E-state index contributed by atoms with van der Waals surface area (Å²) in [5, 5.41) is 0.644. The molecule has 1 fully saturated rings. The van der Waals surface area contributed by atoms with Crippen molar-refractivity contribution in [3.63, 3.8) is 0 Å². The average Bonchev–Trinajstić information content (AvgIpc) is 2.69. The van der Waals surface area contributed by atoms with Crippen molar-refractivity contribution in [2.45, 2.75) is 44.9 Å². The number of ether oxygens (including phenoxy) is 1. The Balaban J connectivity index is 2.23. The minimum absolute atomic E-state index is 0.0963. The van der Waals surface area contributed by atoms with Gasteiger partial charge in [-0.05, 0) is 44.9 Å². The molecule has 0 spiro atoms. The van der Waals surface area contributed by atoms with E-state index in [1.54, 1.807) is 4.90 Å². The maximum absolute atomic E-state index is 12.3. The molecule has 1 amide bonds. The third-order valence-corrected chi connectivity index (χ3v) is 3.50. The van der Waals surface area contributed by atoms with Crippen molar-refractivity contribution in [2.75, 3.05) is 6.54 Å². The van der Waals surface area contributed by atoms with Crippen LogP contribution in [0.2, 0.25) is 5.02 Å². The standard InChI is InChI=1S/C15H21ClN2O2/c1-15(2,3)20-14(19)18-8-7-12(17)13(18)10-5-4-6-11(16)9-10/h4-6,9,12-13H,7-8,17H2,1-3H3/t12-,13-/m0/s1. The Hall–Kier alpha value is -1.26. The van der Waals surface area contributed by atoms with Crippen LogP contribution < -0.4 is 5.73 Å². The van der Waals surface area contributed by atoms with Crippen LogP contribution in [0, 0.1) is 0 Å². The molecule has 2 atom stereocenters. The van der Waals surface area contributed by atoms with E-state index < -0.39 is 5.60 Å². The summed E-state index contributed by atoms with van der Waals surface area (Å²) in [7, 11) is 0. The number of amides is 1. The fourth-order valence-electron chi connectivity index (χ4n) is 2.46. The first-order valence-corrected chi connectivity index (χ1v) is 7.16. The van der Waals surface area contributed by atoms with Crippen LogP contribution in [0.25, 0.3) is 0 Å². The molecule has 20 heavy (non-hydrogen) atoms. The zero-order valence-electron chi connectivity index (χ0n) is 12.1. The lowest BCUT2D eigenvalue weighted by Crippen LogP contribution is -2.39. The van der Waals surface area contributed by atoms with E-state index >= 15 is 0 Å². The maximum Gasteiger partial charge on any atom is 0.410 e. The lowest BCUT2D eigenvalue weighted by atomic mass is 10.0. The lowest BCUT2D eigenvalue weighted by Gasteiger charge is -2.30. The Morgan fingerprint density at radius 1 is 1.45 bits per heavy atom. The molecule has 2 N–H and O–H groups in total. The van der Waals surface area contributed by atoms with Crippen molar-refractivity contribution in [2.24, 2.45) is 5.73 Å². The Morgan fingerprint density at radius 3 is 2.75 bits per heavy atom. The molecule has 5 heteroatoms. The Labute approximate surface area is 124 Å². The number of carbonyl (C=O) groups excluding carboxylic acids is 1. The van der Waals surface area contributed by atoms with Gasteiger partial charge in [-0.3, -0.25) is 4.90 Å². The number of rotatable bonds is 1. The summed E-state index contributed by atoms with van der Waals surface area (Å²) in [6.45, 7) is 6.17. The number of benzene rings is 1. The van der Waals surface area contributed by atoms with Crippen molar-refractivity contribution >= 4 is 17.7 Å². The minimum Gasteiger partial charge on any atom is -0.444 e. The fourth-order valence-corrected chi connectivity index (χ4v) is 2.66. The van der Waals surface area contributed by atoms with Crippen LogP contribution in [0.15, 0.2) is 24.3 Å². The van der Waals surface area contributed by atoms with E-state index in [-0.39, 0.29) is 18.2 Å². The van der Waals surface area contributed by atoms with Crippen molar-refractivity contribution < 1.29 is 9.53 Å². The zero-order valence-corrected chi connectivity index (χ0v) is 12.9. The van der Waals surface area contributed by atoms with E-state index in [1.807, 2.05) is 45.0 Å². The molecular formula is C15H21ClN2O2. The van der Waals surface area contributed by atoms with E-state index in [9.17, 15) is 4.79 Å². The predicted molar refractivity (Wildman–Crippen MR) is 79.7 cm³/mol. The van der Waals surface area contributed by atoms with Gasteiger partial charge in [0.05, 0.1) is 6.04 Å². The topological polar surface area (TPSA) is 55.6 Å². The molecule has 0 bridgehead atoms. The minimum atomic E-state index is -0.511. The Bertz CT molecular complexity index is 499. The Morgan fingerprint density at radius 2 is 2.15 bits per heavy atom. The van der Waals surface area contributed by atoms with E-state index in [1.165, 1.54) is 0 Å². The first kappa shape index (κ1) is 15.1. The number of likely N-dealkylation sites (tertiary alicyclic amines) is 1. The van der Waals surface area contributed by atoms with Crippen LogP contribution in [0.1, 0.15) is 38.8 Å². The van der Waals surface area contributed by atoms with Gasteiger partial charge in [-0.2, -0.15) is 0 Å². The molecule has 4 nitrogen and oxygen atoms in total. The van der Waals surface area contributed by atoms with Crippen LogP contribution >= 0.6 is 11.6 Å². The number of halogens is 1. The number of nitrogens with zero attached hydrogens (tertiary/aromatic N) is 1. The monoisotopic (exact) mass is 296 g/mol. The van der Waals surface area contributed by atoms with Gasteiger partial charge < -0.3 is 10.5 Å². The second-order valence-electron chi connectivity index (χ2n) is 6.13. The average molecular weight is 297 g/mol. The first-order valence-electron chi connectivity index (χ1n) is 6.78. The molecule has 0 unspecified atom stereocenters. The predicted octanol–water partition coefficient (Wildman–Crippen LogP) is 3.35. The molecule has 0 aliphatic carbocycles. The summed E-state index contributed by atoms with van der Waals surface area (Å²) in [6, 6.07) is 7.21. The largest absolute Gasteiger partial charge is 0.444 e. The van der Waals surface area contributed by atoms with Crippen LogP contribution in [0.3, 0.4) is 0 Å². The van der Waals surface area contributed by atoms with Crippen LogP contribution in [0.4, 0.5) is 4.79 Å². The molecule has 1 saturated heterocycles. The molecular weight excluding hydrogens is 276 g/mol. The van der Waals surface area contributed by atoms with E-state index in [0.29, 0.717) is 11.6 Å². The van der Waals surface area contributed by atoms with Gasteiger partial charge in [-0.25, -0.2) is 4.79 Å². The van der Waals surface area contributed by atoms with Crippen molar-refractivity contribution in [3.8, 4) is 0 Å². The third-order valence-electron chi connectivity index (χ3n) is 3.26. The van der Waals surface area contributed by atoms with E-state index in [2.05, 4.69) is 0 Å². The smallest absolute Gasteiger partial charge is 0.410 e. The highest BCUT2D eigenvalue weighted by atomic mass is 35.5. The zero-order chi connectivity index (χ0) is 14.9. The second-order valence-corrected chi connectivity index (χ2v) is 6.56. The molecule has 0 radical (unpaired) electrons. The molecule has 0 aromatic heterocycles. The molecule has 1 aliphatic rings. The first-order chi connectivity index (χ1) is 9.28. The van der Waals surface area contributed by atoms with E-state index in [4.69, 9.17) is 22.1 Å². The summed E-state index contributed by atoms with van der Waals surface area (Å²) in [5.41, 5.74) is 6.60.